The molecular formula is C14H9ClN2O3S. The largest absolute Gasteiger partial charge is 0.454 e. The smallest absolute Gasteiger partial charge is 0.341 e. The Hall–Kier alpha value is -2.18. The molecule has 0 amide bonds. The molecule has 7 heteroatoms. The van der Waals surface area contributed by atoms with E-state index >= 15 is 0 Å². The summed E-state index contributed by atoms with van der Waals surface area (Å²) in [5, 5.41) is 2.04. The van der Waals surface area contributed by atoms with Crippen molar-refractivity contribution in [1.82, 2.24) is 9.97 Å². The van der Waals surface area contributed by atoms with Gasteiger partial charge in [-0.05, 0) is 23.6 Å². The standard InChI is InChI=1S/C14H9ClN2O3S/c15-12-10(3-1-5-16-12)14(18)19-8-9-7-17-13(20-9)11-4-2-6-21-11/h1-7H,8H2. The zero-order valence-corrected chi connectivity index (χ0v) is 12.2. The van der Waals surface area contributed by atoms with Crippen LogP contribution in [-0.4, -0.2) is 15.9 Å². The lowest BCUT2D eigenvalue weighted by Crippen LogP contribution is -2.06. The van der Waals surface area contributed by atoms with Crippen molar-refractivity contribution < 1.29 is 13.9 Å². The van der Waals surface area contributed by atoms with E-state index in [1.807, 2.05) is 17.5 Å². The quantitative estimate of drug-likeness (QED) is 0.540. The van der Waals surface area contributed by atoms with E-state index in [0.717, 1.165) is 4.88 Å². The molecule has 21 heavy (non-hydrogen) atoms. The Morgan fingerprint density at radius 2 is 2.24 bits per heavy atom. The van der Waals surface area contributed by atoms with Crippen LogP contribution in [-0.2, 0) is 11.3 Å². The van der Waals surface area contributed by atoms with Gasteiger partial charge in [0, 0.05) is 6.20 Å². The average Bonchev–Trinajstić information content (AvgIpc) is 3.16. The summed E-state index contributed by atoms with van der Waals surface area (Å²) in [6, 6.07) is 6.98. The van der Waals surface area contributed by atoms with Crippen LogP contribution in [0.25, 0.3) is 10.8 Å². The number of hydrogen-bond acceptors (Lipinski definition) is 6. The van der Waals surface area contributed by atoms with Crippen molar-refractivity contribution in [2.75, 3.05) is 0 Å². The minimum Gasteiger partial charge on any atom is -0.454 e. The fraction of sp³-hybridized carbons (Fsp3) is 0.0714. The van der Waals surface area contributed by atoms with Crippen molar-refractivity contribution >= 4 is 28.9 Å². The van der Waals surface area contributed by atoms with Crippen LogP contribution in [0.3, 0.4) is 0 Å². The topological polar surface area (TPSA) is 65.2 Å². The predicted octanol–water partition coefficient (Wildman–Crippen LogP) is 3.81. The first-order chi connectivity index (χ1) is 10.2. The van der Waals surface area contributed by atoms with Gasteiger partial charge in [0.25, 0.3) is 0 Å². The first-order valence-corrected chi connectivity index (χ1v) is 7.26. The number of nitrogens with zero attached hydrogens (tertiary/aromatic N) is 2. The number of halogens is 1. The number of oxazole rings is 1. The minimum absolute atomic E-state index is 0.0115. The zero-order chi connectivity index (χ0) is 14.7. The first kappa shape index (κ1) is 13.8. The molecule has 0 unspecified atom stereocenters. The van der Waals surface area contributed by atoms with Gasteiger partial charge >= 0.3 is 5.97 Å². The zero-order valence-electron chi connectivity index (χ0n) is 10.7. The molecular weight excluding hydrogens is 312 g/mol. The van der Waals surface area contributed by atoms with Crippen molar-refractivity contribution in [3.05, 3.63) is 58.5 Å². The van der Waals surface area contributed by atoms with Gasteiger partial charge in [-0.15, -0.1) is 11.3 Å². The molecule has 0 aromatic carbocycles. The van der Waals surface area contributed by atoms with Gasteiger partial charge in [-0.25, -0.2) is 14.8 Å². The van der Waals surface area contributed by atoms with Crippen LogP contribution in [0.4, 0.5) is 0 Å². The Kier molecular flexibility index (Phi) is 3.98. The van der Waals surface area contributed by atoms with Gasteiger partial charge in [-0.1, -0.05) is 17.7 Å². The van der Waals surface area contributed by atoms with Crippen molar-refractivity contribution in [3.8, 4) is 10.8 Å². The second-order valence-corrected chi connectivity index (χ2v) is 5.33. The molecule has 0 atom stereocenters. The number of carbonyl (C=O) groups excluding carboxylic acids is 1. The average molecular weight is 321 g/mol. The Bertz CT molecular complexity index is 755. The van der Waals surface area contributed by atoms with E-state index in [1.165, 1.54) is 23.7 Å². The normalized spacial score (nSPS) is 10.5. The Balaban J connectivity index is 1.66. The lowest BCUT2D eigenvalue weighted by atomic mass is 10.3. The Morgan fingerprint density at radius 3 is 3.00 bits per heavy atom. The minimum atomic E-state index is -0.554. The number of ether oxygens (including phenoxy) is 1. The number of hydrogen-bond donors (Lipinski definition) is 0. The van der Waals surface area contributed by atoms with Crippen LogP contribution in [0.1, 0.15) is 16.1 Å². The van der Waals surface area contributed by atoms with Gasteiger partial charge in [0.2, 0.25) is 5.89 Å². The molecule has 0 aliphatic heterocycles. The molecule has 0 aliphatic carbocycles. The summed E-state index contributed by atoms with van der Waals surface area (Å²) >= 11 is 7.35. The summed E-state index contributed by atoms with van der Waals surface area (Å²) < 4.78 is 10.6. The molecule has 3 aromatic heterocycles. The van der Waals surface area contributed by atoms with Crippen molar-refractivity contribution in [1.29, 1.82) is 0 Å². The van der Waals surface area contributed by atoms with E-state index in [1.54, 1.807) is 12.1 Å². The van der Waals surface area contributed by atoms with Gasteiger partial charge in [0.05, 0.1) is 16.6 Å². The highest BCUT2D eigenvalue weighted by Crippen LogP contribution is 2.24. The van der Waals surface area contributed by atoms with Crippen LogP contribution < -0.4 is 0 Å². The molecule has 3 rings (SSSR count). The highest BCUT2D eigenvalue weighted by atomic mass is 35.5. The lowest BCUT2D eigenvalue weighted by molar-refractivity contribution is 0.0446. The maximum atomic E-state index is 11.9. The number of pyridine rings is 1. The molecule has 0 fully saturated rings. The summed E-state index contributed by atoms with van der Waals surface area (Å²) in [4.78, 5) is 20.8. The van der Waals surface area contributed by atoms with E-state index in [-0.39, 0.29) is 17.3 Å². The van der Waals surface area contributed by atoms with E-state index in [4.69, 9.17) is 20.8 Å². The highest BCUT2D eigenvalue weighted by Gasteiger charge is 2.14. The maximum absolute atomic E-state index is 11.9. The molecule has 0 aliphatic rings. The van der Waals surface area contributed by atoms with E-state index < -0.39 is 5.97 Å². The predicted molar refractivity (Wildman–Crippen MR) is 78.2 cm³/mol. The number of thiophene rings is 1. The van der Waals surface area contributed by atoms with Crippen LogP contribution in [0.15, 0.2) is 46.5 Å². The number of esters is 1. The van der Waals surface area contributed by atoms with Crippen molar-refractivity contribution in [2.24, 2.45) is 0 Å². The number of rotatable bonds is 4. The fourth-order valence-corrected chi connectivity index (χ4v) is 2.49. The molecule has 3 heterocycles. The summed E-state index contributed by atoms with van der Waals surface area (Å²) in [6.45, 7) is -0.0115. The van der Waals surface area contributed by atoms with Gasteiger partial charge < -0.3 is 9.15 Å². The van der Waals surface area contributed by atoms with Crippen LogP contribution >= 0.6 is 22.9 Å². The third kappa shape index (κ3) is 3.12. The Labute approximate surface area is 129 Å². The van der Waals surface area contributed by atoms with Crippen LogP contribution in [0.2, 0.25) is 5.15 Å². The fourth-order valence-electron chi connectivity index (χ4n) is 1.64. The van der Waals surface area contributed by atoms with Crippen LogP contribution in [0, 0.1) is 0 Å². The van der Waals surface area contributed by atoms with E-state index in [2.05, 4.69) is 9.97 Å². The summed E-state index contributed by atoms with van der Waals surface area (Å²) in [5.74, 6) is 0.421. The lowest BCUT2D eigenvalue weighted by Gasteiger charge is -2.03. The second kappa shape index (κ2) is 6.07. The van der Waals surface area contributed by atoms with Crippen molar-refractivity contribution in [3.63, 3.8) is 0 Å². The molecule has 0 radical (unpaired) electrons. The Morgan fingerprint density at radius 1 is 1.33 bits per heavy atom. The molecule has 0 saturated carbocycles. The van der Waals surface area contributed by atoms with Gasteiger partial charge in [0.15, 0.2) is 12.4 Å². The third-order valence-electron chi connectivity index (χ3n) is 2.61. The number of carbonyl (C=O) groups is 1. The summed E-state index contributed by atoms with van der Waals surface area (Å²) in [7, 11) is 0. The molecule has 106 valence electrons. The SMILES string of the molecule is O=C(OCc1cnc(-c2cccs2)o1)c1cccnc1Cl. The van der Waals surface area contributed by atoms with Crippen molar-refractivity contribution in [2.45, 2.75) is 6.61 Å². The monoisotopic (exact) mass is 320 g/mol. The van der Waals surface area contributed by atoms with Gasteiger partial charge in [-0.3, -0.25) is 0 Å². The molecule has 0 saturated heterocycles. The molecule has 0 spiro atoms. The van der Waals surface area contributed by atoms with Gasteiger partial charge in [0.1, 0.15) is 5.15 Å². The molecule has 0 bridgehead atoms. The highest BCUT2D eigenvalue weighted by molar-refractivity contribution is 7.13. The van der Waals surface area contributed by atoms with Gasteiger partial charge in [-0.2, -0.15) is 0 Å². The van der Waals surface area contributed by atoms with E-state index in [0.29, 0.717) is 11.7 Å². The first-order valence-electron chi connectivity index (χ1n) is 6.00. The van der Waals surface area contributed by atoms with E-state index in [9.17, 15) is 4.79 Å². The molecule has 5 nitrogen and oxygen atoms in total. The molecule has 0 N–H and O–H groups in total. The third-order valence-corrected chi connectivity index (χ3v) is 3.77. The number of aromatic nitrogens is 2. The maximum Gasteiger partial charge on any atom is 0.341 e. The van der Waals surface area contributed by atoms with Crippen LogP contribution in [0.5, 0.6) is 0 Å². The summed E-state index contributed by atoms with van der Waals surface area (Å²) in [6.07, 6.45) is 3.04. The summed E-state index contributed by atoms with van der Waals surface area (Å²) in [5.41, 5.74) is 0.220. The molecule has 3 aromatic rings. The second-order valence-electron chi connectivity index (χ2n) is 4.03.